The molecule has 122 valence electrons. The van der Waals surface area contributed by atoms with E-state index >= 15 is 0 Å². The van der Waals surface area contributed by atoms with E-state index in [-0.39, 0.29) is 6.41 Å². The highest BCUT2D eigenvalue weighted by atomic mass is 16.3. The molecule has 4 rings (SSSR count). The van der Waals surface area contributed by atoms with Gasteiger partial charge < -0.3 is 20.8 Å². The number of piperidine rings is 1. The van der Waals surface area contributed by atoms with Gasteiger partial charge in [-0.15, -0.1) is 0 Å². The van der Waals surface area contributed by atoms with Crippen molar-refractivity contribution in [1.82, 2.24) is 4.90 Å². The molecule has 2 bridgehead atoms. The predicted octanol–water partition coefficient (Wildman–Crippen LogP) is 1.44. The van der Waals surface area contributed by atoms with Gasteiger partial charge >= 0.3 is 0 Å². The molecule has 4 N–H and O–H groups in total. The van der Waals surface area contributed by atoms with Crippen LogP contribution in [0, 0.1) is 5.92 Å². The zero-order valence-electron chi connectivity index (χ0n) is 12.9. The molecule has 6 heteroatoms. The van der Waals surface area contributed by atoms with Gasteiger partial charge in [0.15, 0.2) is 0 Å². The van der Waals surface area contributed by atoms with Crippen LogP contribution in [-0.2, 0) is 4.79 Å². The average Bonchev–Trinajstić information content (AvgIpc) is 3.10. The molecular weight excluding hydrogens is 294 g/mol. The van der Waals surface area contributed by atoms with Crippen molar-refractivity contribution < 1.29 is 14.0 Å². The maximum Gasteiger partial charge on any atom is 0.252 e. The summed E-state index contributed by atoms with van der Waals surface area (Å²) in [6, 6.07) is 6.19. The van der Waals surface area contributed by atoms with Crippen molar-refractivity contribution in [1.29, 1.82) is 0 Å². The second kappa shape index (κ2) is 6.42. The summed E-state index contributed by atoms with van der Waals surface area (Å²) in [7, 11) is 0. The number of carbonyl (C=O) groups is 2. The number of nitrogens with two attached hydrogens (primary N) is 2. The first-order valence-electron chi connectivity index (χ1n) is 7.81. The molecule has 0 radical (unpaired) electrons. The van der Waals surface area contributed by atoms with Gasteiger partial charge in [0.25, 0.3) is 5.91 Å². The van der Waals surface area contributed by atoms with Crippen molar-refractivity contribution in [3.8, 4) is 0 Å². The van der Waals surface area contributed by atoms with E-state index < -0.39 is 5.91 Å². The molecule has 2 aliphatic heterocycles. The Balaban J connectivity index is 0.000000485. The molecule has 2 amide bonds. The van der Waals surface area contributed by atoms with Crippen LogP contribution in [0.25, 0.3) is 11.0 Å². The van der Waals surface area contributed by atoms with E-state index in [0.29, 0.717) is 11.5 Å². The number of amides is 2. The number of hydrogen-bond acceptors (Lipinski definition) is 4. The number of furan rings is 1. The van der Waals surface area contributed by atoms with E-state index in [4.69, 9.17) is 14.9 Å². The molecule has 3 atom stereocenters. The zero-order chi connectivity index (χ0) is 16.4. The molecule has 0 aliphatic carbocycles. The maximum atomic E-state index is 11.4. The molecule has 23 heavy (non-hydrogen) atoms. The van der Waals surface area contributed by atoms with Crippen molar-refractivity contribution in [3.63, 3.8) is 0 Å². The topological polar surface area (TPSA) is 103 Å². The third kappa shape index (κ3) is 3.07. The highest BCUT2D eigenvalue weighted by Gasteiger charge is 2.33. The van der Waals surface area contributed by atoms with Crippen LogP contribution in [0.2, 0.25) is 0 Å². The summed E-state index contributed by atoms with van der Waals surface area (Å²) in [5, 5.41) is 0.850. The first-order valence-corrected chi connectivity index (χ1v) is 7.81. The Kier molecular flexibility index (Phi) is 4.34. The van der Waals surface area contributed by atoms with Crippen LogP contribution < -0.4 is 11.5 Å². The van der Waals surface area contributed by atoms with Crippen molar-refractivity contribution in [2.75, 3.05) is 19.6 Å². The maximum absolute atomic E-state index is 11.4. The van der Waals surface area contributed by atoms with Gasteiger partial charge in [-0.25, -0.2) is 0 Å². The van der Waals surface area contributed by atoms with Crippen molar-refractivity contribution in [2.24, 2.45) is 17.4 Å². The Morgan fingerprint density at radius 2 is 2.13 bits per heavy atom. The van der Waals surface area contributed by atoms with Crippen LogP contribution >= 0.6 is 0 Å². The van der Waals surface area contributed by atoms with Crippen molar-refractivity contribution in [2.45, 2.75) is 18.8 Å². The second-order valence-electron chi connectivity index (χ2n) is 6.25. The monoisotopic (exact) mass is 315 g/mol. The molecule has 2 aromatic rings. The van der Waals surface area contributed by atoms with Crippen LogP contribution in [0.15, 0.2) is 28.9 Å². The Bertz CT molecular complexity index is 713. The Morgan fingerprint density at radius 1 is 1.35 bits per heavy atom. The van der Waals surface area contributed by atoms with Crippen LogP contribution in [-0.4, -0.2) is 36.9 Å². The SMILES string of the molecule is NC(=O)c1coc2ccc([C@H]3C[C@@H]4CCN(C4)C3)cc12.NC=O. The molecule has 1 aromatic carbocycles. The standard InChI is InChI=1S/C16H18N2O2.CH3NO/c17-16(19)14-9-20-15-2-1-11(6-13(14)15)12-5-10-3-4-18(7-10)8-12;2-1-3/h1-2,6,9-10,12H,3-5,7-8H2,(H2,17,19);1H,(H2,2,3)/t10-,12-;/m0./s1. The minimum Gasteiger partial charge on any atom is -0.463 e. The highest BCUT2D eigenvalue weighted by molar-refractivity contribution is 6.05. The normalized spacial score (nSPS) is 25.7. The fourth-order valence-electron chi connectivity index (χ4n) is 3.79. The van der Waals surface area contributed by atoms with Gasteiger partial charge in [0.05, 0.1) is 5.56 Å². The zero-order valence-corrected chi connectivity index (χ0v) is 12.9. The fraction of sp³-hybridized carbons (Fsp3) is 0.412. The molecule has 2 saturated heterocycles. The van der Waals surface area contributed by atoms with E-state index in [1.807, 2.05) is 6.07 Å². The summed E-state index contributed by atoms with van der Waals surface area (Å²) in [6.07, 6.45) is 4.30. The van der Waals surface area contributed by atoms with E-state index in [1.165, 1.54) is 37.8 Å². The van der Waals surface area contributed by atoms with Gasteiger partial charge in [0.2, 0.25) is 6.41 Å². The third-order valence-electron chi connectivity index (χ3n) is 4.80. The Hall–Kier alpha value is -2.34. The number of carbonyl (C=O) groups excluding carboxylic acids is 2. The molecule has 2 fully saturated rings. The lowest BCUT2D eigenvalue weighted by Crippen LogP contribution is -2.31. The van der Waals surface area contributed by atoms with Gasteiger partial charge in [0.1, 0.15) is 11.8 Å². The Morgan fingerprint density at radius 3 is 2.83 bits per heavy atom. The van der Waals surface area contributed by atoms with E-state index in [0.717, 1.165) is 23.4 Å². The molecular formula is C17H21N3O3. The molecule has 1 unspecified atom stereocenters. The van der Waals surface area contributed by atoms with Gasteiger partial charge in [-0.3, -0.25) is 9.59 Å². The lowest BCUT2D eigenvalue weighted by molar-refractivity contribution is -0.106. The van der Waals surface area contributed by atoms with Crippen molar-refractivity contribution in [3.05, 3.63) is 35.6 Å². The summed E-state index contributed by atoms with van der Waals surface area (Å²) >= 11 is 0. The van der Waals surface area contributed by atoms with Gasteiger partial charge in [0, 0.05) is 18.5 Å². The smallest absolute Gasteiger partial charge is 0.252 e. The van der Waals surface area contributed by atoms with Gasteiger partial charge in [-0.1, -0.05) is 6.07 Å². The summed E-state index contributed by atoms with van der Waals surface area (Å²) in [6.45, 7) is 3.63. The van der Waals surface area contributed by atoms with Crippen LogP contribution in [0.5, 0.6) is 0 Å². The third-order valence-corrected chi connectivity index (χ3v) is 4.80. The average molecular weight is 315 g/mol. The minimum atomic E-state index is -0.423. The Labute approximate surface area is 134 Å². The summed E-state index contributed by atoms with van der Waals surface area (Å²) in [5.74, 6) is 0.981. The van der Waals surface area contributed by atoms with E-state index in [2.05, 4.69) is 22.8 Å². The van der Waals surface area contributed by atoms with Gasteiger partial charge in [-0.05, 0) is 48.9 Å². The first-order chi connectivity index (χ1) is 11.1. The summed E-state index contributed by atoms with van der Waals surface area (Å²) < 4.78 is 5.40. The fourth-order valence-corrected chi connectivity index (χ4v) is 3.79. The largest absolute Gasteiger partial charge is 0.463 e. The van der Waals surface area contributed by atoms with E-state index in [1.54, 1.807) is 0 Å². The molecule has 6 nitrogen and oxygen atoms in total. The predicted molar refractivity (Wildman–Crippen MR) is 86.9 cm³/mol. The molecule has 0 spiro atoms. The molecule has 1 aromatic heterocycles. The second-order valence-corrected chi connectivity index (χ2v) is 6.25. The number of hydrogen-bond donors (Lipinski definition) is 2. The summed E-state index contributed by atoms with van der Waals surface area (Å²) in [5.41, 5.74) is 12.1. The highest BCUT2D eigenvalue weighted by Crippen LogP contribution is 2.37. The van der Waals surface area contributed by atoms with Crippen LogP contribution in [0.4, 0.5) is 0 Å². The van der Waals surface area contributed by atoms with Crippen LogP contribution in [0.1, 0.15) is 34.7 Å². The van der Waals surface area contributed by atoms with E-state index in [9.17, 15) is 4.79 Å². The number of rotatable bonds is 2. The van der Waals surface area contributed by atoms with Crippen LogP contribution in [0.3, 0.4) is 0 Å². The molecule has 0 saturated carbocycles. The number of nitrogens with zero attached hydrogens (tertiary/aromatic N) is 1. The number of fused-ring (bicyclic) bond motifs is 3. The lowest BCUT2D eigenvalue weighted by Gasteiger charge is -2.30. The molecule has 2 aliphatic rings. The van der Waals surface area contributed by atoms with Crippen molar-refractivity contribution >= 4 is 23.3 Å². The summed E-state index contributed by atoms with van der Waals surface area (Å²) in [4.78, 5) is 22.6. The first kappa shape index (κ1) is 15.6. The number of benzene rings is 1. The molecule has 3 heterocycles. The minimum absolute atomic E-state index is 0.250. The lowest BCUT2D eigenvalue weighted by atomic mass is 9.86. The quantitative estimate of drug-likeness (QED) is 0.818. The number of primary amides is 2. The van der Waals surface area contributed by atoms with Gasteiger partial charge in [-0.2, -0.15) is 0 Å².